The number of nitrogens with zero attached hydrogens (tertiary/aromatic N) is 3. The molecule has 5 nitrogen and oxygen atoms in total. The molecule has 0 aromatic rings. The molecule has 1 radical (unpaired) electrons. The van der Waals surface area contributed by atoms with E-state index in [0.29, 0.717) is 5.91 Å². The Morgan fingerprint density at radius 3 is 1.90 bits per heavy atom. The molecule has 2 atom stereocenters. The summed E-state index contributed by atoms with van der Waals surface area (Å²) in [5, 5.41) is 0. The largest absolute Gasteiger partial charge is 0.342 e. The van der Waals surface area contributed by atoms with Crippen molar-refractivity contribution in [3.63, 3.8) is 0 Å². The molecule has 1 amide bonds. The number of amides is 1. The zero-order valence-corrected chi connectivity index (χ0v) is 22.2. The monoisotopic (exact) mass is 482 g/mol. The van der Waals surface area contributed by atoms with E-state index in [1.54, 1.807) is 6.92 Å². The van der Waals surface area contributed by atoms with E-state index in [-0.39, 0.29) is 50.3 Å². The quantitative estimate of drug-likeness (QED) is 0.583. The van der Waals surface area contributed by atoms with E-state index in [0.717, 1.165) is 51.1 Å². The van der Waals surface area contributed by atoms with Crippen molar-refractivity contribution in [3.8, 4) is 0 Å². The summed E-state index contributed by atoms with van der Waals surface area (Å²) >= 11 is 0. The topological polar surface area (TPSA) is 43.9 Å². The number of ketones is 1. The number of carbonyl (C=O) groups is 2. The number of piperidine rings is 1. The SMILES string of the molecule is CC.CCN1CCN(CCC2CCN(C(=O)C3CCC(C(C)=O)C3)CC2)CC1.[Y]. The predicted octanol–water partition coefficient (Wildman–Crippen LogP) is 3.28. The van der Waals surface area contributed by atoms with E-state index < -0.39 is 0 Å². The number of likely N-dealkylation sites (tertiary alicyclic amines) is 1. The third kappa shape index (κ3) is 8.31. The Hall–Kier alpha value is 0.164. The average Bonchev–Trinajstić information content (AvgIpc) is 3.25. The van der Waals surface area contributed by atoms with Crippen LogP contribution in [0.25, 0.3) is 0 Å². The second kappa shape index (κ2) is 14.3. The molecule has 2 unspecified atom stereocenters. The maximum absolute atomic E-state index is 12.7. The van der Waals surface area contributed by atoms with Crippen molar-refractivity contribution in [2.45, 2.75) is 66.2 Å². The molecule has 0 bridgehead atoms. The number of Topliss-reactive ketones (excluding diaryl/α,β-unsaturated/α-hetero) is 1. The molecule has 165 valence electrons. The normalized spacial score (nSPS) is 26.4. The van der Waals surface area contributed by atoms with E-state index in [1.165, 1.54) is 45.7 Å². The molecular formula is C23H43N3O2Y. The van der Waals surface area contributed by atoms with Crippen molar-refractivity contribution in [1.82, 2.24) is 14.7 Å². The summed E-state index contributed by atoms with van der Waals surface area (Å²) in [4.78, 5) is 31.5. The van der Waals surface area contributed by atoms with Crippen LogP contribution in [-0.2, 0) is 42.3 Å². The van der Waals surface area contributed by atoms with E-state index in [4.69, 9.17) is 0 Å². The molecule has 2 aliphatic heterocycles. The van der Waals surface area contributed by atoms with Crippen LogP contribution >= 0.6 is 0 Å². The van der Waals surface area contributed by atoms with Gasteiger partial charge in [-0.2, -0.15) is 0 Å². The predicted molar refractivity (Wildman–Crippen MR) is 115 cm³/mol. The van der Waals surface area contributed by atoms with Gasteiger partial charge in [-0.05, 0) is 64.5 Å². The van der Waals surface area contributed by atoms with Crippen molar-refractivity contribution in [2.24, 2.45) is 17.8 Å². The van der Waals surface area contributed by atoms with Gasteiger partial charge in [-0.3, -0.25) is 9.59 Å². The second-order valence-electron chi connectivity index (χ2n) is 8.65. The van der Waals surface area contributed by atoms with Gasteiger partial charge in [0, 0.05) is 83.8 Å². The van der Waals surface area contributed by atoms with Crippen molar-refractivity contribution in [1.29, 1.82) is 0 Å². The van der Waals surface area contributed by atoms with Gasteiger partial charge in [0.2, 0.25) is 5.91 Å². The number of hydrogen-bond acceptors (Lipinski definition) is 4. The third-order valence-electron chi connectivity index (χ3n) is 7.05. The number of piperazine rings is 1. The van der Waals surface area contributed by atoms with Crippen molar-refractivity contribution < 1.29 is 42.3 Å². The molecule has 2 heterocycles. The van der Waals surface area contributed by atoms with E-state index in [1.807, 2.05) is 13.8 Å². The Morgan fingerprint density at radius 2 is 1.38 bits per heavy atom. The Morgan fingerprint density at radius 1 is 0.828 bits per heavy atom. The summed E-state index contributed by atoms with van der Waals surface area (Å²) in [6.45, 7) is 17.0. The molecule has 3 aliphatic rings. The van der Waals surface area contributed by atoms with E-state index >= 15 is 0 Å². The van der Waals surface area contributed by atoms with Gasteiger partial charge >= 0.3 is 0 Å². The van der Waals surface area contributed by atoms with Gasteiger partial charge in [-0.1, -0.05) is 20.8 Å². The third-order valence-corrected chi connectivity index (χ3v) is 7.05. The fourth-order valence-corrected chi connectivity index (χ4v) is 4.97. The molecule has 2 saturated heterocycles. The summed E-state index contributed by atoms with van der Waals surface area (Å²) in [6.07, 6.45) is 6.20. The van der Waals surface area contributed by atoms with Crippen LogP contribution in [0.3, 0.4) is 0 Å². The first-order valence-electron chi connectivity index (χ1n) is 11.8. The molecule has 3 rings (SSSR count). The summed E-state index contributed by atoms with van der Waals surface area (Å²) in [5.41, 5.74) is 0. The molecule has 0 N–H and O–H groups in total. The molecule has 0 spiro atoms. The number of rotatable bonds is 6. The maximum Gasteiger partial charge on any atom is 0.225 e. The number of hydrogen-bond donors (Lipinski definition) is 0. The number of likely N-dealkylation sites (N-methyl/N-ethyl adjacent to an activating group) is 1. The van der Waals surface area contributed by atoms with Gasteiger partial charge in [0.1, 0.15) is 5.78 Å². The van der Waals surface area contributed by atoms with Gasteiger partial charge in [-0.15, -0.1) is 0 Å². The van der Waals surface area contributed by atoms with Crippen LogP contribution in [0.5, 0.6) is 0 Å². The Labute approximate surface area is 204 Å². The maximum atomic E-state index is 12.7. The standard InChI is InChI=1S/C21H37N3O2.C2H6.Y/c1-3-22-12-14-23(15-13-22)9-6-18-7-10-24(11-8-18)21(26)20-5-4-19(16-20)17(2)25;1-2;/h18-20H,3-16H2,1-2H3;1-2H3;. The summed E-state index contributed by atoms with van der Waals surface area (Å²) in [6, 6.07) is 0. The minimum absolute atomic E-state index is 0. The molecule has 1 aliphatic carbocycles. The van der Waals surface area contributed by atoms with E-state index in [2.05, 4.69) is 21.6 Å². The Bertz CT molecular complexity index is 487. The minimum atomic E-state index is 0. The van der Waals surface area contributed by atoms with Crippen molar-refractivity contribution in [3.05, 3.63) is 0 Å². The fourth-order valence-electron chi connectivity index (χ4n) is 4.97. The van der Waals surface area contributed by atoms with Gasteiger partial charge in [0.25, 0.3) is 0 Å². The zero-order valence-electron chi connectivity index (χ0n) is 19.4. The van der Waals surface area contributed by atoms with Crippen LogP contribution in [0.15, 0.2) is 0 Å². The average molecular weight is 483 g/mol. The van der Waals surface area contributed by atoms with Crippen LogP contribution in [-0.4, -0.2) is 78.7 Å². The van der Waals surface area contributed by atoms with Crippen molar-refractivity contribution >= 4 is 11.7 Å². The summed E-state index contributed by atoms with van der Waals surface area (Å²) < 4.78 is 0. The van der Waals surface area contributed by atoms with Crippen LogP contribution in [0, 0.1) is 17.8 Å². The first-order valence-corrected chi connectivity index (χ1v) is 11.8. The van der Waals surface area contributed by atoms with Gasteiger partial charge < -0.3 is 14.7 Å². The Balaban J connectivity index is 0.00000136. The van der Waals surface area contributed by atoms with Crippen LogP contribution in [0.1, 0.15) is 66.2 Å². The van der Waals surface area contributed by atoms with Crippen LogP contribution < -0.4 is 0 Å². The fraction of sp³-hybridized carbons (Fsp3) is 0.913. The van der Waals surface area contributed by atoms with Crippen LogP contribution in [0.4, 0.5) is 0 Å². The molecule has 0 aromatic heterocycles. The van der Waals surface area contributed by atoms with Gasteiger partial charge in [-0.25, -0.2) is 0 Å². The van der Waals surface area contributed by atoms with Crippen molar-refractivity contribution in [2.75, 3.05) is 52.4 Å². The zero-order chi connectivity index (χ0) is 20.5. The molecule has 1 saturated carbocycles. The molecule has 29 heavy (non-hydrogen) atoms. The first kappa shape index (κ1) is 27.2. The van der Waals surface area contributed by atoms with E-state index in [9.17, 15) is 9.59 Å². The van der Waals surface area contributed by atoms with Crippen LogP contribution in [0.2, 0.25) is 0 Å². The molecular weight excluding hydrogens is 439 g/mol. The minimum Gasteiger partial charge on any atom is -0.342 e. The Kier molecular flexibility index (Phi) is 13.4. The molecule has 0 aromatic carbocycles. The number of carbonyl (C=O) groups excluding carboxylic acids is 2. The summed E-state index contributed by atoms with van der Waals surface area (Å²) in [7, 11) is 0. The van der Waals surface area contributed by atoms with Gasteiger partial charge in [0.05, 0.1) is 0 Å². The second-order valence-corrected chi connectivity index (χ2v) is 8.65. The smallest absolute Gasteiger partial charge is 0.225 e. The molecule has 6 heteroatoms. The van der Waals surface area contributed by atoms with Gasteiger partial charge in [0.15, 0.2) is 0 Å². The summed E-state index contributed by atoms with van der Waals surface area (Å²) in [5.74, 6) is 1.60. The molecule has 3 fully saturated rings. The first-order chi connectivity index (χ1) is 13.6.